The van der Waals surface area contributed by atoms with Gasteiger partial charge in [0.25, 0.3) is 0 Å². The predicted molar refractivity (Wildman–Crippen MR) is 79.4 cm³/mol. The summed E-state index contributed by atoms with van der Waals surface area (Å²) < 4.78 is 17.3. The van der Waals surface area contributed by atoms with Crippen molar-refractivity contribution >= 4 is 5.97 Å². The summed E-state index contributed by atoms with van der Waals surface area (Å²) in [7, 11) is 6.38. The molecule has 1 N–H and O–H groups in total. The molecule has 0 bridgehead atoms. The van der Waals surface area contributed by atoms with Gasteiger partial charge in [-0.05, 0) is 23.8 Å². The van der Waals surface area contributed by atoms with Crippen LogP contribution in [0.5, 0.6) is 11.5 Å². The molecule has 118 valence electrons. The van der Waals surface area contributed by atoms with Crippen molar-refractivity contribution in [1.29, 1.82) is 0 Å². The molecule has 0 atom stereocenters. The fourth-order valence-corrected chi connectivity index (χ4v) is 2.26. The monoisotopic (exact) mass is 306 g/mol. The third-order valence-corrected chi connectivity index (χ3v) is 3.28. The maximum Gasteiger partial charge on any atom is 0.356 e. The van der Waals surface area contributed by atoms with Crippen LogP contribution in [0.15, 0.2) is 18.2 Å². The maximum absolute atomic E-state index is 11.1. The molecule has 0 aliphatic heterocycles. The number of carboxylic acids is 1. The summed E-state index contributed by atoms with van der Waals surface area (Å²) in [4.78, 5) is 11.1. The first kappa shape index (κ1) is 15.8. The zero-order valence-electron chi connectivity index (χ0n) is 12.9. The molecule has 0 aliphatic carbocycles. The zero-order valence-corrected chi connectivity index (χ0v) is 12.9. The Morgan fingerprint density at radius 3 is 2.32 bits per heavy atom. The Morgan fingerprint density at radius 1 is 1.18 bits per heavy atom. The van der Waals surface area contributed by atoms with Crippen LogP contribution in [-0.2, 0) is 18.4 Å². The highest BCUT2D eigenvalue weighted by molar-refractivity contribution is 5.87. The zero-order chi connectivity index (χ0) is 16.3. The molecule has 1 aromatic carbocycles. The summed E-state index contributed by atoms with van der Waals surface area (Å²) in [5.41, 5.74) is 2.27. The number of hydrogen-bond donors (Lipinski definition) is 1. The van der Waals surface area contributed by atoms with Crippen LogP contribution >= 0.6 is 0 Å². The smallest absolute Gasteiger partial charge is 0.356 e. The second-order valence-electron chi connectivity index (χ2n) is 4.64. The standard InChI is InChI=1S/C15H18N2O5/c1-17-12(7-11(16-17)15(18)19)10-6-14(22-4)13(21-3)5-9(10)8-20-2/h5-7H,8H2,1-4H3,(H,18,19). The summed E-state index contributed by atoms with van der Waals surface area (Å²) in [6.07, 6.45) is 0. The lowest BCUT2D eigenvalue weighted by atomic mass is 10.0. The summed E-state index contributed by atoms with van der Waals surface area (Å²) in [6, 6.07) is 5.11. The molecule has 2 aromatic rings. The van der Waals surface area contributed by atoms with Crippen molar-refractivity contribution in [3.8, 4) is 22.8 Å². The SMILES string of the molecule is COCc1cc(OC)c(OC)cc1-c1cc(C(=O)O)nn1C. The summed E-state index contributed by atoms with van der Waals surface area (Å²) in [5, 5.41) is 13.1. The first-order chi connectivity index (χ1) is 10.5. The highest BCUT2D eigenvalue weighted by Crippen LogP contribution is 2.36. The number of benzene rings is 1. The van der Waals surface area contributed by atoms with Crippen LogP contribution in [0.4, 0.5) is 0 Å². The van der Waals surface area contributed by atoms with Crippen LogP contribution in [0.25, 0.3) is 11.3 Å². The molecule has 7 heteroatoms. The lowest BCUT2D eigenvalue weighted by molar-refractivity contribution is 0.0689. The van der Waals surface area contributed by atoms with E-state index in [1.807, 2.05) is 6.07 Å². The van der Waals surface area contributed by atoms with Crippen molar-refractivity contribution in [1.82, 2.24) is 9.78 Å². The van der Waals surface area contributed by atoms with Crippen molar-refractivity contribution in [2.45, 2.75) is 6.61 Å². The van der Waals surface area contributed by atoms with Crippen LogP contribution in [0.1, 0.15) is 16.1 Å². The lowest BCUT2D eigenvalue weighted by Gasteiger charge is -2.14. The van der Waals surface area contributed by atoms with Crippen LogP contribution in [-0.4, -0.2) is 42.2 Å². The molecule has 22 heavy (non-hydrogen) atoms. The Morgan fingerprint density at radius 2 is 1.82 bits per heavy atom. The fourth-order valence-electron chi connectivity index (χ4n) is 2.26. The average Bonchev–Trinajstić information content (AvgIpc) is 2.89. The topological polar surface area (TPSA) is 82.8 Å². The number of aromatic nitrogens is 2. The largest absolute Gasteiger partial charge is 0.493 e. The average molecular weight is 306 g/mol. The molecule has 0 aliphatic rings. The summed E-state index contributed by atoms with van der Waals surface area (Å²) in [5.74, 6) is 0.0602. The van der Waals surface area contributed by atoms with Crippen molar-refractivity contribution in [2.24, 2.45) is 7.05 Å². The molecule has 0 saturated carbocycles. The van der Waals surface area contributed by atoms with E-state index in [4.69, 9.17) is 19.3 Å². The fraction of sp³-hybridized carbons (Fsp3) is 0.333. The molecule has 0 unspecified atom stereocenters. The normalized spacial score (nSPS) is 10.5. The number of aromatic carboxylic acids is 1. The van der Waals surface area contributed by atoms with Crippen LogP contribution < -0.4 is 9.47 Å². The van der Waals surface area contributed by atoms with E-state index < -0.39 is 5.97 Å². The third-order valence-electron chi connectivity index (χ3n) is 3.28. The van der Waals surface area contributed by atoms with E-state index in [0.29, 0.717) is 23.8 Å². The quantitative estimate of drug-likeness (QED) is 0.878. The lowest BCUT2D eigenvalue weighted by Crippen LogP contribution is -2.01. The van der Waals surface area contributed by atoms with Gasteiger partial charge in [0.05, 0.1) is 26.5 Å². The van der Waals surface area contributed by atoms with Crippen molar-refractivity contribution in [3.05, 3.63) is 29.5 Å². The highest BCUT2D eigenvalue weighted by Gasteiger charge is 2.18. The van der Waals surface area contributed by atoms with Gasteiger partial charge in [0.2, 0.25) is 0 Å². The van der Waals surface area contributed by atoms with E-state index in [2.05, 4.69) is 5.10 Å². The number of aryl methyl sites for hydroxylation is 1. The van der Waals surface area contributed by atoms with Gasteiger partial charge in [0.15, 0.2) is 17.2 Å². The van der Waals surface area contributed by atoms with Gasteiger partial charge in [-0.3, -0.25) is 4.68 Å². The van der Waals surface area contributed by atoms with Crippen molar-refractivity contribution in [3.63, 3.8) is 0 Å². The maximum atomic E-state index is 11.1. The van der Waals surface area contributed by atoms with Crippen molar-refractivity contribution in [2.75, 3.05) is 21.3 Å². The number of ether oxygens (including phenoxy) is 3. The minimum Gasteiger partial charge on any atom is -0.493 e. The Hall–Kier alpha value is -2.54. The number of carboxylic acid groups (broad SMARTS) is 1. The Kier molecular flexibility index (Phi) is 4.67. The molecule has 0 saturated heterocycles. The van der Waals surface area contributed by atoms with E-state index in [9.17, 15) is 4.79 Å². The molecule has 1 heterocycles. The molecule has 0 amide bonds. The number of carbonyl (C=O) groups is 1. The minimum absolute atomic E-state index is 0.0179. The van der Waals surface area contributed by atoms with Gasteiger partial charge in [0, 0.05) is 19.7 Å². The molecule has 1 aromatic heterocycles. The summed E-state index contributed by atoms with van der Waals surface area (Å²) >= 11 is 0. The molecule has 7 nitrogen and oxygen atoms in total. The van der Waals surface area contributed by atoms with E-state index >= 15 is 0 Å². The van der Waals surface area contributed by atoms with Crippen molar-refractivity contribution < 1.29 is 24.1 Å². The van der Waals surface area contributed by atoms with E-state index in [-0.39, 0.29) is 5.69 Å². The van der Waals surface area contributed by atoms with Gasteiger partial charge in [-0.15, -0.1) is 0 Å². The predicted octanol–water partition coefficient (Wildman–Crippen LogP) is 1.95. The molecular formula is C15H18N2O5. The molecular weight excluding hydrogens is 288 g/mol. The van der Waals surface area contributed by atoms with Gasteiger partial charge < -0.3 is 19.3 Å². The Bertz CT molecular complexity index is 693. The first-order valence-corrected chi connectivity index (χ1v) is 6.53. The van der Waals surface area contributed by atoms with Gasteiger partial charge >= 0.3 is 5.97 Å². The second-order valence-corrected chi connectivity index (χ2v) is 4.64. The number of methoxy groups -OCH3 is 3. The van der Waals surface area contributed by atoms with Gasteiger partial charge in [-0.25, -0.2) is 4.79 Å². The number of nitrogens with zero attached hydrogens (tertiary/aromatic N) is 2. The highest BCUT2D eigenvalue weighted by atomic mass is 16.5. The Labute approximate surface area is 128 Å². The first-order valence-electron chi connectivity index (χ1n) is 6.53. The number of rotatable bonds is 6. The van der Waals surface area contributed by atoms with Gasteiger partial charge in [-0.1, -0.05) is 0 Å². The van der Waals surface area contributed by atoms with Gasteiger partial charge in [-0.2, -0.15) is 5.10 Å². The molecule has 0 fully saturated rings. The van der Waals surface area contributed by atoms with Crippen LogP contribution in [0.3, 0.4) is 0 Å². The molecule has 2 rings (SSSR count). The minimum atomic E-state index is -1.07. The van der Waals surface area contributed by atoms with Crippen LogP contribution in [0, 0.1) is 0 Å². The Balaban J connectivity index is 2.64. The third kappa shape index (κ3) is 2.89. The molecule has 0 radical (unpaired) electrons. The summed E-state index contributed by atoms with van der Waals surface area (Å²) in [6.45, 7) is 0.350. The van der Waals surface area contributed by atoms with E-state index in [1.165, 1.54) is 10.7 Å². The van der Waals surface area contributed by atoms with E-state index in [1.54, 1.807) is 34.4 Å². The van der Waals surface area contributed by atoms with E-state index in [0.717, 1.165) is 11.1 Å². The van der Waals surface area contributed by atoms with Crippen LogP contribution in [0.2, 0.25) is 0 Å². The second kappa shape index (κ2) is 6.48. The molecule has 0 spiro atoms. The van der Waals surface area contributed by atoms with Gasteiger partial charge in [0.1, 0.15) is 0 Å². The number of hydrogen-bond acceptors (Lipinski definition) is 5.